The number of amides is 3. The smallest absolute Gasteiger partial charge is 0.316 e. The Labute approximate surface area is 144 Å². The van der Waals surface area contributed by atoms with E-state index >= 15 is 0 Å². The third-order valence-electron chi connectivity index (χ3n) is 3.27. The van der Waals surface area contributed by atoms with Crippen molar-refractivity contribution in [1.82, 2.24) is 9.78 Å². The number of nitrogens with zero attached hydrogens (tertiary/aromatic N) is 2. The summed E-state index contributed by atoms with van der Waals surface area (Å²) in [6.45, 7) is 4.41. The van der Waals surface area contributed by atoms with Crippen molar-refractivity contribution >= 4 is 29.4 Å². The number of rotatable bonds is 7. The molecule has 0 saturated carbocycles. The van der Waals surface area contributed by atoms with Crippen LogP contribution in [0.1, 0.15) is 30.8 Å². The molecule has 0 aliphatic heterocycles. The van der Waals surface area contributed by atoms with Gasteiger partial charge in [0.1, 0.15) is 0 Å². The summed E-state index contributed by atoms with van der Waals surface area (Å²) in [4.78, 5) is 23.6. The molecule has 24 heavy (non-hydrogen) atoms. The lowest BCUT2D eigenvalue weighted by atomic mass is 10.2. The number of hydrogen-bond donors (Lipinski definition) is 3. The van der Waals surface area contributed by atoms with Crippen molar-refractivity contribution in [2.24, 2.45) is 17.4 Å². The van der Waals surface area contributed by atoms with E-state index in [2.05, 4.69) is 24.3 Å². The van der Waals surface area contributed by atoms with Crippen molar-refractivity contribution < 1.29 is 9.59 Å². The topological polar surface area (TPSA) is 116 Å². The lowest BCUT2D eigenvalue weighted by molar-refractivity contribution is 0.0996. The molecule has 1 heterocycles. The highest BCUT2D eigenvalue weighted by molar-refractivity contribution is 7.99. The van der Waals surface area contributed by atoms with Crippen LogP contribution < -0.4 is 16.8 Å². The molecular formula is C16H21N5O2S. The Balaban J connectivity index is 2.16. The summed E-state index contributed by atoms with van der Waals surface area (Å²) in [6.07, 6.45) is 2.67. The van der Waals surface area contributed by atoms with Crippen molar-refractivity contribution in [2.45, 2.75) is 25.2 Å². The fourth-order valence-corrected chi connectivity index (χ4v) is 3.17. The van der Waals surface area contributed by atoms with Crippen molar-refractivity contribution in [1.29, 1.82) is 0 Å². The number of hydrogen-bond acceptors (Lipinski definition) is 4. The summed E-state index contributed by atoms with van der Waals surface area (Å²) in [5.74, 6) is 1.01. The number of carbonyl (C=O) groups is 2. The maximum absolute atomic E-state index is 11.4. The van der Waals surface area contributed by atoms with Gasteiger partial charge in [-0.05, 0) is 42.4 Å². The Morgan fingerprint density at radius 3 is 2.46 bits per heavy atom. The Kier molecular flexibility index (Phi) is 5.86. The maximum Gasteiger partial charge on any atom is 0.316 e. The summed E-state index contributed by atoms with van der Waals surface area (Å²) in [7, 11) is 0. The van der Waals surface area contributed by atoms with Crippen LogP contribution in [-0.4, -0.2) is 27.5 Å². The number of nitrogens with two attached hydrogens (primary N) is 2. The molecule has 0 bridgehead atoms. The van der Waals surface area contributed by atoms with Crippen LogP contribution in [0.5, 0.6) is 0 Å². The van der Waals surface area contributed by atoms with Crippen LogP contribution in [0.3, 0.4) is 0 Å². The van der Waals surface area contributed by atoms with E-state index in [0.717, 1.165) is 22.8 Å². The maximum atomic E-state index is 11.4. The van der Waals surface area contributed by atoms with Crippen LogP contribution in [0.2, 0.25) is 0 Å². The molecule has 3 amide bonds. The van der Waals surface area contributed by atoms with Gasteiger partial charge < -0.3 is 16.8 Å². The Hall–Kier alpha value is -2.48. The summed E-state index contributed by atoms with van der Waals surface area (Å²) in [5, 5.41) is 6.46. The van der Waals surface area contributed by atoms with Crippen LogP contribution in [0.15, 0.2) is 35.4 Å². The van der Waals surface area contributed by atoms with Crippen molar-refractivity contribution in [2.75, 3.05) is 11.1 Å². The predicted molar refractivity (Wildman–Crippen MR) is 95.5 cm³/mol. The van der Waals surface area contributed by atoms with Gasteiger partial charge in [-0.15, -0.1) is 11.8 Å². The molecule has 0 radical (unpaired) electrons. The fourth-order valence-electron chi connectivity index (χ4n) is 2.02. The van der Waals surface area contributed by atoms with Crippen LogP contribution in [0.25, 0.3) is 5.69 Å². The highest BCUT2D eigenvalue weighted by Gasteiger charge is 2.16. The van der Waals surface area contributed by atoms with Gasteiger partial charge in [0, 0.05) is 4.90 Å². The first kappa shape index (κ1) is 17.9. The zero-order valence-electron chi connectivity index (χ0n) is 13.7. The number of aromatic nitrogens is 2. The van der Waals surface area contributed by atoms with Gasteiger partial charge in [-0.3, -0.25) is 4.79 Å². The van der Waals surface area contributed by atoms with E-state index in [-0.39, 0.29) is 11.4 Å². The van der Waals surface area contributed by atoms with Crippen molar-refractivity contribution in [3.63, 3.8) is 0 Å². The van der Waals surface area contributed by atoms with Gasteiger partial charge >= 0.3 is 6.03 Å². The highest BCUT2D eigenvalue weighted by atomic mass is 32.2. The van der Waals surface area contributed by atoms with Gasteiger partial charge in [-0.2, -0.15) is 5.10 Å². The first-order valence-electron chi connectivity index (χ1n) is 7.56. The number of benzene rings is 1. The third-order valence-corrected chi connectivity index (χ3v) is 4.32. The summed E-state index contributed by atoms with van der Waals surface area (Å²) in [6, 6.07) is 6.99. The number of anilines is 1. The van der Waals surface area contributed by atoms with E-state index in [4.69, 9.17) is 11.5 Å². The lowest BCUT2D eigenvalue weighted by Gasteiger charge is -2.06. The first-order valence-corrected chi connectivity index (χ1v) is 8.54. The molecule has 0 aliphatic carbocycles. The number of primary amides is 2. The second-order valence-corrected chi connectivity index (χ2v) is 6.88. The lowest BCUT2D eigenvalue weighted by Crippen LogP contribution is -2.22. The average Bonchev–Trinajstić information content (AvgIpc) is 2.91. The molecule has 5 N–H and O–H groups in total. The molecule has 0 atom stereocenters. The van der Waals surface area contributed by atoms with E-state index in [0.29, 0.717) is 5.92 Å². The van der Waals surface area contributed by atoms with E-state index in [1.165, 1.54) is 10.9 Å². The second-order valence-electron chi connectivity index (χ2n) is 5.71. The normalized spacial score (nSPS) is 10.8. The van der Waals surface area contributed by atoms with Crippen LogP contribution in [0, 0.1) is 5.92 Å². The molecule has 0 saturated heterocycles. The van der Waals surface area contributed by atoms with Crippen LogP contribution >= 0.6 is 11.8 Å². The Bertz CT molecular complexity index is 725. The standard InChI is InChI=1S/C16H21N5O2S/c1-10(2)7-8-24-12-5-3-11(4-6-12)21-9-13(19-16(18)23)14(20-21)15(17)22/h3-6,9-10H,7-8H2,1-2H3,(H2,17,22)(H3,18,19,23). The number of urea groups is 1. The molecule has 0 spiro atoms. The van der Waals surface area contributed by atoms with Gasteiger partial charge in [-0.1, -0.05) is 13.8 Å². The fraction of sp³-hybridized carbons (Fsp3) is 0.312. The summed E-state index contributed by atoms with van der Waals surface area (Å²) < 4.78 is 1.48. The molecule has 0 fully saturated rings. The zero-order valence-corrected chi connectivity index (χ0v) is 14.5. The molecule has 2 aromatic rings. The summed E-state index contributed by atoms with van der Waals surface area (Å²) >= 11 is 1.80. The minimum Gasteiger partial charge on any atom is -0.364 e. The van der Waals surface area contributed by atoms with E-state index < -0.39 is 11.9 Å². The molecule has 7 nitrogen and oxygen atoms in total. The van der Waals surface area contributed by atoms with Crippen LogP contribution in [0.4, 0.5) is 10.5 Å². The van der Waals surface area contributed by atoms with Crippen molar-refractivity contribution in [3.8, 4) is 5.69 Å². The average molecular weight is 347 g/mol. The van der Waals surface area contributed by atoms with Crippen molar-refractivity contribution in [3.05, 3.63) is 36.2 Å². The van der Waals surface area contributed by atoms with Gasteiger partial charge in [0.25, 0.3) is 5.91 Å². The highest BCUT2D eigenvalue weighted by Crippen LogP contribution is 2.23. The monoisotopic (exact) mass is 347 g/mol. The Morgan fingerprint density at radius 2 is 1.92 bits per heavy atom. The third kappa shape index (κ3) is 4.76. The van der Waals surface area contributed by atoms with Gasteiger partial charge in [0.2, 0.25) is 0 Å². The number of carbonyl (C=O) groups excluding carboxylic acids is 2. The molecule has 8 heteroatoms. The van der Waals surface area contributed by atoms with Crippen LogP contribution in [-0.2, 0) is 0 Å². The number of nitrogens with one attached hydrogen (secondary N) is 1. The molecular weight excluding hydrogens is 326 g/mol. The number of thioether (sulfide) groups is 1. The quantitative estimate of drug-likeness (QED) is 0.667. The molecule has 0 aliphatic rings. The van der Waals surface area contributed by atoms with Gasteiger partial charge in [0.05, 0.1) is 17.6 Å². The van der Waals surface area contributed by atoms with E-state index in [9.17, 15) is 9.59 Å². The van der Waals surface area contributed by atoms with E-state index in [1.54, 1.807) is 11.8 Å². The molecule has 128 valence electrons. The predicted octanol–water partition coefficient (Wildman–Crippen LogP) is 2.60. The largest absolute Gasteiger partial charge is 0.364 e. The molecule has 1 aromatic carbocycles. The molecule has 2 rings (SSSR count). The second kappa shape index (κ2) is 7.87. The Morgan fingerprint density at radius 1 is 1.25 bits per heavy atom. The SMILES string of the molecule is CC(C)CCSc1ccc(-n2cc(NC(N)=O)c(C(N)=O)n2)cc1. The first-order chi connectivity index (χ1) is 11.4. The zero-order chi connectivity index (χ0) is 17.7. The minimum atomic E-state index is -0.783. The molecule has 0 unspecified atom stereocenters. The minimum absolute atomic E-state index is 0.0378. The molecule has 1 aromatic heterocycles. The van der Waals surface area contributed by atoms with E-state index in [1.807, 2.05) is 24.3 Å². The van der Waals surface area contributed by atoms with Gasteiger partial charge in [0.15, 0.2) is 5.69 Å². The summed E-state index contributed by atoms with van der Waals surface area (Å²) in [5.41, 5.74) is 11.3. The van der Waals surface area contributed by atoms with Gasteiger partial charge in [-0.25, -0.2) is 9.48 Å².